The number of halogens is 3. The largest absolute Gasteiger partial charge is 0.491 e. The summed E-state index contributed by atoms with van der Waals surface area (Å²) in [5.74, 6) is 0.875. The smallest absolute Gasteiger partial charge is 0.390 e. The van der Waals surface area contributed by atoms with Crippen molar-refractivity contribution in [2.75, 3.05) is 77.6 Å². The van der Waals surface area contributed by atoms with Gasteiger partial charge in [-0.2, -0.15) is 18.2 Å². The van der Waals surface area contributed by atoms with Gasteiger partial charge in [0.15, 0.2) is 0 Å². The van der Waals surface area contributed by atoms with E-state index in [9.17, 15) is 18.0 Å². The van der Waals surface area contributed by atoms with Gasteiger partial charge in [-0.15, -0.1) is 11.3 Å². The van der Waals surface area contributed by atoms with E-state index in [0.717, 1.165) is 77.5 Å². The van der Waals surface area contributed by atoms with Crippen LogP contribution in [0.4, 0.5) is 19.1 Å². The highest BCUT2D eigenvalue weighted by Gasteiger charge is 2.26. The molecule has 16 heteroatoms. The zero-order valence-electron chi connectivity index (χ0n) is 30.2. The number of rotatable bonds is 20. The maximum atomic E-state index is 12.5. The van der Waals surface area contributed by atoms with Crippen molar-refractivity contribution in [3.8, 4) is 27.3 Å². The van der Waals surface area contributed by atoms with Gasteiger partial charge in [-0.25, -0.2) is 9.97 Å². The lowest BCUT2D eigenvalue weighted by atomic mass is 10.0. The summed E-state index contributed by atoms with van der Waals surface area (Å²) in [5.41, 5.74) is 8.47. The Kier molecular flexibility index (Phi) is 13.8. The van der Waals surface area contributed by atoms with Gasteiger partial charge in [0.05, 0.1) is 48.9 Å². The Morgan fingerprint density at radius 1 is 0.944 bits per heavy atom. The first kappa shape index (κ1) is 39.1. The molecule has 0 saturated carbocycles. The van der Waals surface area contributed by atoms with Crippen LogP contribution < -0.4 is 15.4 Å². The molecule has 3 aromatic heterocycles. The number of hydrogen-bond acceptors (Lipinski definition) is 11. The van der Waals surface area contributed by atoms with Gasteiger partial charge in [0.2, 0.25) is 12.4 Å². The summed E-state index contributed by atoms with van der Waals surface area (Å²) in [7, 11) is 0. The minimum atomic E-state index is -4.23. The van der Waals surface area contributed by atoms with E-state index in [1.807, 2.05) is 36.8 Å². The molecule has 0 atom stereocenters. The zero-order chi connectivity index (χ0) is 37.8. The van der Waals surface area contributed by atoms with E-state index in [1.54, 1.807) is 17.5 Å². The standard InChI is InChI=1S/C38H45F3N8O4S/c1-27-35(54-26-46-27)30-6-7-31(21-42-25-50)34(20-30)53-19-18-52-17-16-51-15-14-48-10-12-49(13-11-48)24-28-2-4-29(5-3-28)32-22-44-36-33(32)23-45-37(47-36)43-9-8-38(39,40)41/h2-7,20,22-23,25-26H,8-19,21,24H2,1H3,(H,42,50)(H2,43,44,45,47). The fourth-order valence-electron chi connectivity index (χ4n) is 6.20. The van der Waals surface area contributed by atoms with Crippen molar-refractivity contribution in [3.63, 3.8) is 0 Å². The number of H-pyrrole nitrogens is 1. The number of carbonyl (C=O) groups excluding carboxylic acids is 1. The van der Waals surface area contributed by atoms with Crippen molar-refractivity contribution in [2.24, 2.45) is 0 Å². The lowest BCUT2D eigenvalue weighted by Gasteiger charge is -2.34. The summed E-state index contributed by atoms with van der Waals surface area (Å²) in [5, 5.41) is 6.15. The Morgan fingerprint density at radius 3 is 2.43 bits per heavy atom. The van der Waals surface area contributed by atoms with Crippen LogP contribution in [0.25, 0.3) is 32.6 Å². The Hall–Kier alpha value is -4.61. The molecule has 1 saturated heterocycles. The maximum Gasteiger partial charge on any atom is 0.390 e. The van der Waals surface area contributed by atoms with Crippen molar-refractivity contribution in [3.05, 3.63) is 77.2 Å². The van der Waals surface area contributed by atoms with Crippen LogP contribution >= 0.6 is 11.3 Å². The lowest BCUT2D eigenvalue weighted by Crippen LogP contribution is -2.46. The van der Waals surface area contributed by atoms with E-state index in [2.05, 4.69) is 64.6 Å². The quantitative estimate of drug-likeness (QED) is 0.0651. The zero-order valence-corrected chi connectivity index (χ0v) is 31.0. The Labute approximate surface area is 316 Å². The first-order valence-corrected chi connectivity index (χ1v) is 18.8. The number of carbonyl (C=O) groups is 1. The highest BCUT2D eigenvalue weighted by atomic mass is 32.1. The van der Waals surface area contributed by atoms with Crippen molar-refractivity contribution < 1.29 is 32.2 Å². The summed E-state index contributed by atoms with van der Waals surface area (Å²) in [6, 6.07) is 14.4. The van der Waals surface area contributed by atoms with Gasteiger partial charge in [0, 0.05) is 81.3 Å². The van der Waals surface area contributed by atoms with Gasteiger partial charge in [0.25, 0.3) is 0 Å². The molecule has 0 spiro atoms. The highest BCUT2D eigenvalue weighted by molar-refractivity contribution is 7.13. The minimum absolute atomic E-state index is 0.161. The third kappa shape index (κ3) is 11.2. The fraction of sp³-hybridized carbons (Fsp3) is 0.421. The number of anilines is 1. The fourth-order valence-corrected chi connectivity index (χ4v) is 7.00. The molecule has 0 radical (unpaired) electrons. The highest BCUT2D eigenvalue weighted by Crippen LogP contribution is 2.32. The molecule has 3 N–H and O–H groups in total. The number of piperazine rings is 1. The molecule has 12 nitrogen and oxygen atoms in total. The third-order valence-corrected chi connectivity index (χ3v) is 10.1. The van der Waals surface area contributed by atoms with Gasteiger partial charge < -0.3 is 29.8 Å². The number of amides is 1. The van der Waals surface area contributed by atoms with Gasteiger partial charge in [-0.1, -0.05) is 36.4 Å². The Balaban J connectivity index is 0.841. The molecule has 6 rings (SSSR count). The van der Waals surface area contributed by atoms with Crippen LogP contribution in [-0.4, -0.2) is 115 Å². The van der Waals surface area contributed by atoms with Crippen LogP contribution in [0, 0.1) is 6.92 Å². The van der Waals surface area contributed by atoms with Crippen molar-refractivity contribution in [2.45, 2.75) is 32.6 Å². The number of aromatic amines is 1. The van der Waals surface area contributed by atoms with Gasteiger partial charge in [-0.3, -0.25) is 14.6 Å². The summed E-state index contributed by atoms with van der Waals surface area (Å²) in [6.07, 6.45) is -1.02. The van der Waals surface area contributed by atoms with Crippen LogP contribution in [0.1, 0.15) is 23.2 Å². The number of alkyl halides is 3. The topological polar surface area (TPSA) is 130 Å². The number of ether oxygens (including phenoxy) is 3. The molecule has 1 fully saturated rings. The van der Waals surface area contributed by atoms with Crippen LogP contribution in [0.3, 0.4) is 0 Å². The Morgan fingerprint density at radius 2 is 1.69 bits per heavy atom. The molecule has 4 heterocycles. The van der Waals surface area contributed by atoms with Crippen molar-refractivity contribution >= 4 is 34.7 Å². The van der Waals surface area contributed by atoms with Crippen LogP contribution in [0.2, 0.25) is 0 Å². The molecule has 54 heavy (non-hydrogen) atoms. The van der Waals surface area contributed by atoms with Gasteiger partial charge in [0.1, 0.15) is 18.0 Å². The number of thiazole rings is 1. The second-order valence-electron chi connectivity index (χ2n) is 12.9. The molecule has 5 aromatic rings. The van der Waals surface area contributed by atoms with E-state index in [0.29, 0.717) is 57.4 Å². The first-order chi connectivity index (χ1) is 26.3. The van der Waals surface area contributed by atoms with E-state index in [4.69, 9.17) is 14.2 Å². The molecule has 288 valence electrons. The number of hydrogen-bond donors (Lipinski definition) is 3. The molecule has 1 aliphatic heterocycles. The second-order valence-corrected chi connectivity index (χ2v) is 13.8. The second kappa shape index (κ2) is 19.1. The van der Waals surface area contributed by atoms with Gasteiger partial charge in [-0.05, 0) is 29.7 Å². The lowest BCUT2D eigenvalue weighted by molar-refractivity contribution is -0.131. The molecule has 1 amide bonds. The number of aromatic nitrogens is 4. The predicted octanol–water partition coefficient (Wildman–Crippen LogP) is 5.90. The summed E-state index contributed by atoms with van der Waals surface area (Å²) in [6.45, 7) is 10.2. The Bertz CT molecular complexity index is 1930. The predicted molar refractivity (Wildman–Crippen MR) is 203 cm³/mol. The summed E-state index contributed by atoms with van der Waals surface area (Å²) < 4.78 is 55.0. The van der Waals surface area contributed by atoms with Gasteiger partial charge >= 0.3 is 6.18 Å². The average Bonchev–Trinajstić information content (AvgIpc) is 3.80. The molecular weight excluding hydrogens is 722 g/mol. The normalized spacial score (nSPS) is 14.1. The first-order valence-electron chi connectivity index (χ1n) is 17.9. The van der Waals surface area contributed by atoms with Crippen molar-refractivity contribution in [1.29, 1.82) is 0 Å². The molecule has 2 aromatic carbocycles. The number of fused-ring (bicyclic) bond motifs is 1. The number of benzene rings is 2. The maximum absolute atomic E-state index is 12.5. The van der Waals surface area contributed by atoms with E-state index < -0.39 is 12.6 Å². The molecule has 0 aliphatic carbocycles. The van der Waals surface area contributed by atoms with Crippen molar-refractivity contribution in [1.82, 2.24) is 35.1 Å². The number of nitrogens with zero attached hydrogens (tertiary/aromatic N) is 5. The van der Waals surface area contributed by atoms with E-state index in [1.165, 1.54) is 5.56 Å². The van der Waals surface area contributed by atoms with Crippen LogP contribution in [0.15, 0.2) is 60.4 Å². The van der Waals surface area contributed by atoms with E-state index in [-0.39, 0.29) is 12.5 Å². The number of aryl methyl sites for hydroxylation is 1. The molecular formula is C38H45F3N8O4S. The monoisotopic (exact) mass is 766 g/mol. The summed E-state index contributed by atoms with van der Waals surface area (Å²) in [4.78, 5) is 32.8. The van der Waals surface area contributed by atoms with E-state index >= 15 is 0 Å². The minimum Gasteiger partial charge on any atom is -0.491 e. The summed E-state index contributed by atoms with van der Waals surface area (Å²) >= 11 is 1.58. The third-order valence-electron chi connectivity index (χ3n) is 9.12. The SMILES string of the molecule is Cc1ncsc1-c1ccc(CNC=O)c(OCCOCCOCCN2CCN(Cc3ccc(-c4c[nH]c5nc(NCCC(F)(F)F)ncc45)cc3)CC2)c1. The molecule has 1 aliphatic rings. The average molecular weight is 767 g/mol. The molecule has 0 unspecified atom stereocenters. The van der Waals surface area contributed by atoms with Crippen LogP contribution in [-0.2, 0) is 27.4 Å². The number of nitrogens with one attached hydrogen (secondary N) is 3. The molecule has 0 bridgehead atoms. The van der Waals surface area contributed by atoms with Crippen LogP contribution in [0.5, 0.6) is 5.75 Å².